The molecule has 1 aromatic carbocycles. The van der Waals surface area contributed by atoms with Crippen LogP contribution in [-0.2, 0) is 4.74 Å². The first-order chi connectivity index (χ1) is 9.42. The first kappa shape index (κ1) is 12.9. The molecular formula is C16H24N2O. The molecule has 104 valence electrons. The summed E-state index contributed by atoms with van der Waals surface area (Å²) in [4.78, 5) is 2.50. The zero-order valence-electron chi connectivity index (χ0n) is 11.6. The summed E-state index contributed by atoms with van der Waals surface area (Å²) in [6.45, 7) is 4.17. The second-order valence-electron chi connectivity index (χ2n) is 5.68. The van der Waals surface area contributed by atoms with Crippen LogP contribution in [0, 0.1) is 0 Å². The second-order valence-corrected chi connectivity index (χ2v) is 5.68. The Morgan fingerprint density at radius 1 is 1.00 bits per heavy atom. The van der Waals surface area contributed by atoms with Crippen molar-refractivity contribution >= 4 is 5.69 Å². The van der Waals surface area contributed by atoms with Crippen LogP contribution in [0.2, 0.25) is 0 Å². The Labute approximate surface area is 115 Å². The number of para-hydroxylation sites is 1. The van der Waals surface area contributed by atoms with Crippen molar-refractivity contribution < 1.29 is 4.74 Å². The predicted molar refractivity (Wildman–Crippen MR) is 78.7 cm³/mol. The summed E-state index contributed by atoms with van der Waals surface area (Å²) in [6, 6.07) is 12.0. The van der Waals surface area contributed by atoms with Crippen molar-refractivity contribution in [1.82, 2.24) is 5.32 Å². The highest BCUT2D eigenvalue weighted by atomic mass is 16.5. The van der Waals surface area contributed by atoms with E-state index in [9.17, 15) is 0 Å². The molecule has 3 nitrogen and oxygen atoms in total. The standard InChI is InChI=1S/C16H24N2O/c1-2-6-16(7-3-1)18-10-8-14(9-11-18)17-15-5-4-12-19-13-15/h1-3,6-7,14-15,17H,4-5,8-13H2. The number of nitrogens with zero attached hydrogens (tertiary/aromatic N) is 1. The number of hydrogen-bond acceptors (Lipinski definition) is 3. The second kappa shape index (κ2) is 6.40. The lowest BCUT2D eigenvalue weighted by Gasteiger charge is -2.36. The molecule has 1 aromatic rings. The van der Waals surface area contributed by atoms with Crippen LogP contribution in [0.1, 0.15) is 25.7 Å². The third-order valence-electron chi connectivity index (χ3n) is 4.25. The van der Waals surface area contributed by atoms with E-state index in [0.29, 0.717) is 12.1 Å². The highest BCUT2D eigenvalue weighted by Gasteiger charge is 2.22. The van der Waals surface area contributed by atoms with Gasteiger partial charge in [0, 0.05) is 37.5 Å². The van der Waals surface area contributed by atoms with Gasteiger partial charge < -0.3 is 15.0 Å². The van der Waals surface area contributed by atoms with Crippen LogP contribution in [-0.4, -0.2) is 38.4 Å². The Bertz CT molecular complexity index is 368. The molecule has 2 saturated heterocycles. The van der Waals surface area contributed by atoms with E-state index < -0.39 is 0 Å². The topological polar surface area (TPSA) is 24.5 Å². The molecule has 1 unspecified atom stereocenters. The molecule has 1 atom stereocenters. The van der Waals surface area contributed by atoms with Crippen LogP contribution in [0.3, 0.4) is 0 Å². The van der Waals surface area contributed by atoms with Crippen LogP contribution in [0.4, 0.5) is 5.69 Å². The maximum absolute atomic E-state index is 5.54. The molecule has 2 aliphatic rings. The van der Waals surface area contributed by atoms with E-state index in [4.69, 9.17) is 4.74 Å². The number of hydrogen-bond donors (Lipinski definition) is 1. The van der Waals surface area contributed by atoms with E-state index in [2.05, 4.69) is 40.5 Å². The fraction of sp³-hybridized carbons (Fsp3) is 0.625. The molecule has 2 aliphatic heterocycles. The maximum Gasteiger partial charge on any atom is 0.0619 e. The minimum Gasteiger partial charge on any atom is -0.380 e. The summed E-state index contributed by atoms with van der Waals surface area (Å²) in [6.07, 6.45) is 4.97. The van der Waals surface area contributed by atoms with Gasteiger partial charge in [-0.05, 0) is 37.8 Å². The minimum absolute atomic E-state index is 0.585. The molecule has 19 heavy (non-hydrogen) atoms. The lowest BCUT2D eigenvalue weighted by Crippen LogP contribution is -2.48. The maximum atomic E-state index is 5.54. The van der Waals surface area contributed by atoms with Crippen molar-refractivity contribution in [2.45, 2.75) is 37.8 Å². The molecular weight excluding hydrogens is 236 g/mol. The van der Waals surface area contributed by atoms with Crippen molar-refractivity contribution in [3.05, 3.63) is 30.3 Å². The van der Waals surface area contributed by atoms with Gasteiger partial charge in [0.25, 0.3) is 0 Å². The van der Waals surface area contributed by atoms with Crippen molar-refractivity contribution in [1.29, 1.82) is 0 Å². The third kappa shape index (κ3) is 3.48. The summed E-state index contributed by atoms with van der Waals surface area (Å²) in [5.41, 5.74) is 1.36. The Balaban J connectivity index is 1.46. The van der Waals surface area contributed by atoms with Gasteiger partial charge in [-0.1, -0.05) is 18.2 Å². The van der Waals surface area contributed by atoms with E-state index in [1.807, 2.05) is 0 Å². The molecule has 0 amide bonds. The Hall–Kier alpha value is -1.06. The van der Waals surface area contributed by atoms with Crippen LogP contribution >= 0.6 is 0 Å². The van der Waals surface area contributed by atoms with Gasteiger partial charge in [0.15, 0.2) is 0 Å². The summed E-state index contributed by atoms with van der Waals surface area (Å²) < 4.78 is 5.54. The van der Waals surface area contributed by atoms with Crippen molar-refractivity contribution in [3.8, 4) is 0 Å². The molecule has 0 saturated carbocycles. The number of piperidine rings is 1. The van der Waals surface area contributed by atoms with Gasteiger partial charge in [0.05, 0.1) is 6.61 Å². The van der Waals surface area contributed by atoms with Gasteiger partial charge in [-0.15, -0.1) is 0 Å². The normalized spacial score (nSPS) is 25.5. The lowest BCUT2D eigenvalue weighted by molar-refractivity contribution is 0.0650. The van der Waals surface area contributed by atoms with E-state index in [1.54, 1.807) is 0 Å². The molecule has 1 N–H and O–H groups in total. The quantitative estimate of drug-likeness (QED) is 0.903. The van der Waals surface area contributed by atoms with E-state index in [1.165, 1.54) is 31.4 Å². The zero-order chi connectivity index (χ0) is 12.9. The van der Waals surface area contributed by atoms with Crippen LogP contribution < -0.4 is 10.2 Å². The first-order valence-corrected chi connectivity index (χ1v) is 7.55. The van der Waals surface area contributed by atoms with Crippen molar-refractivity contribution in [3.63, 3.8) is 0 Å². The number of anilines is 1. The first-order valence-electron chi connectivity index (χ1n) is 7.55. The molecule has 0 aromatic heterocycles. The van der Waals surface area contributed by atoms with E-state index in [-0.39, 0.29) is 0 Å². The fourth-order valence-corrected chi connectivity index (χ4v) is 3.15. The fourth-order valence-electron chi connectivity index (χ4n) is 3.15. The Morgan fingerprint density at radius 2 is 1.79 bits per heavy atom. The highest BCUT2D eigenvalue weighted by molar-refractivity contribution is 5.46. The Morgan fingerprint density at radius 3 is 2.47 bits per heavy atom. The number of rotatable bonds is 3. The Kier molecular flexibility index (Phi) is 4.36. The SMILES string of the molecule is c1ccc(N2CCC(NC3CCCOC3)CC2)cc1. The summed E-state index contributed by atoms with van der Waals surface area (Å²) >= 11 is 0. The van der Waals surface area contributed by atoms with E-state index in [0.717, 1.165) is 26.3 Å². The molecule has 3 heteroatoms. The van der Waals surface area contributed by atoms with Crippen LogP contribution in [0.25, 0.3) is 0 Å². The van der Waals surface area contributed by atoms with Gasteiger partial charge in [0.1, 0.15) is 0 Å². The van der Waals surface area contributed by atoms with Gasteiger partial charge in [0.2, 0.25) is 0 Å². The minimum atomic E-state index is 0.585. The highest BCUT2D eigenvalue weighted by Crippen LogP contribution is 2.20. The smallest absolute Gasteiger partial charge is 0.0619 e. The average molecular weight is 260 g/mol. The molecule has 0 spiro atoms. The van der Waals surface area contributed by atoms with Gasteiger partial charge in [-0.2, -0.15) is 0 Å². The van der Waals surface area contributed by atoms with Gasteiger partial charge in [-0.3, -0.25) is 0 Å². The van der Waals surface area contributed by atoms with Crippen LogP contribution in [0.15, 0.2) is 30.3 Å². The number of benzene rings is 1. The molecule has 2 fully saturated rings. The molecule has 0 radical (unpaired) electrons. The molecule has 3 rings (SSSR count). The number of nitrogens with one attached hydrogen (secondary N) is 1. The monoisotopic (exact) mass is 260 g/mol. The summed E-state index contributed by atoms with van der Waals surface area (Å²) in [5.74, 6) is 0. The average Bonchev–Trinajstić information content (AvgIpc) is 2.50. The third-order valence-corrected chi connectivity index (χ3v) is 4.25. The van der Waals surface area contributed by atoms with E-state index >= 15 is 0 Å². The zero-order valence-corrected chi connectivity index (χ0v) is 11.6. The largest absolute Gasteiger partial charge is 0.380 e. The van der Waals surface area contributed by atoms with Crippen molar-refractivity contribution in [2.24, 2.45) is 0 Å². The predicted octanol–water partition coefficient (Wildman–Crippen LogP) is 2.42. The summed E-state index contributed by atoms with van der Waals surface area (Å²) in [5, 5.41) is 3.78. The number of ether oxygens (including phenoxy) is 1. The van der Waals surface area contributed by atoms with Gasteiger partial charge in [-0.25, -0.2) is 0 Å². The summed E-state index contributed by atoms with van der Waals surface area (Å²) in [7, 11) is 0. The van der Waals surface area contributed by atoms with Crippen LogP contribution in [0.5, 0.6) is 0 Å². The molecule has 0 aliphatic carbocycles. The molecule has 0 bridgehead atoms. The van der Waals surface area contributed by atoms with Gasteiger partial charge >= 0.3 is 0 Å². The lowest BCUT2D eigenvalue weighted by atomic mass is 10.0. The van der Waals surface area contributed by atoms with Crippen molar-refractivity contribution in [2.75, 3.05) is 31.2 Å². The molecule has 2 heterocycles.